The second kappa shape index (κ2) is 5.83. The van der Waals surface area contributed by atoms with Crippen molar-refractivity contribution < 1.29 is 9.59 Å². The van der Waals surface area contributed by atoms with Gasteiger partial charge in [-0.2, -0.15) is 0 Å². The molecule has 4 bridgehead atoms. The van der Waals surface area contributed by atoms with Gasteiger partial charge in [0.2, 0.25) is 11.8 Å². The Kier molecular flexibility index (Phi) is 3.67. The van der Waals surface area contributed by atoms with Crippen LogP contribution in [-0.4, -0.2) is 18.4 Å². The fourth-order valence-corrected chi connectivity index (χ4v) is 6.64. The van der Waals surface area contributed by atoms with Crippen LogP contribution in [0.15, 0.2) is 18.2 Å². The van der Waals surface area contributed by atoms with Crippen molar-refractivity contribution in [1.29, 1.82) is 0 Å². The van der Waals surface area contributed by atoms with E-state index in [-0.39, 0.29) is 17.2 Å². The summed E-state index contributed by atoms with van der Waals surface area (Å²) in [6.45, 7) is 2.71. The summed E-state index contributed by atoms with van der Waals surface area (Å²) in [6.07, 6.45) is 8.67. The number of anilines is 2. The molecule has 0 radical (unpaired) electrons. The van der Waals surface area contributed by atoms with E-state index in [1.54, 1.807) is 0 Å². The lowest BCUT2D eigenvalue weighted by Crippen LogP contribution is -2.51. The van der Waals surface area contributed by atoms with Crippen molar-refractivity contribution in [1.82, 2.24) is 0 Å². The molecular formula is C22H28N2O2. The first-order valence-electron chi connectivity index (χ1n) is 10.3. The zero-order chi connectivity index (χ0) is 17.9. The van der Waals surface area contributed by atoms with Gasteiger partial charge in [0.15, 0.2) is 0 Å². The molecule has 138 valence electrons. The lowest BCUT2D eigenvalue weighted by molar-refractivity contribution is -0.140. The highest BCUT2D eigenvalue weighted by Crippen LogP contribution is 2.60. The van der Waals surface area contributed by atoms with Crippen molar-refractivity contribution in [3.8, 4) is 0 Å². The lowest BCUT2D eigenvalue weighted by atomic mass is 9.49. The van der Waals surface area contributed by atoms with E-state index in [0.717, 1.165) is 54.8 Å². The number of nitrogens with zero attached hydrogens (tertiary/aromatic N) is 1. The standard InChI is InChI=1S/C22H28N2O2/c1-2-24-19-5-4-18(10-17(19)3-6-20(24)25)23-21(26)22-11-14-7-15(12-22)9-16(8-14)13-22/h4-5,10,14-16H,2-3,6-9,11-13H2,1H3,(H,23,26). The van der Waals surface area contributed by atoms with E-state index >= 15 is 0 Å². The molecule has 4 saturated carbocycles. The van der Waals surface area contributed by atoms with E-state index in [9.17, 15) is 9.59 Å². The number of nitrogens with one attached hydrogen (secondary N) is 1. The average molecular weight is 352 g/mol. The first-order chi connectivity index (χ1) is 12.6. The smallest absolute Gasteiger partial charge is 0.230 e. The minimum Gasteiger partial charge on any atom is -0.326 e. The molecule has 1 heterocycles. The molecule has 0 aromatic heterocycles. The van der Waals surface area contributed by atoms with Crippen molar-refractivity contribution in [2.75, 3.05) is 16.8 Å². The summed E-state index contributed by atoms with van der Waals surface area (Å²) >= 11 is 0. The molecule has 1 aliphatic heterocycles. The molecular weight excluding hydrogens is 324 g/mol. The normalized spacial score (nSPS) is 34.7. The van der Waals surface area contributed by atoms with Crippen LogP contribution in [0.5, 0.6) is 0 Å². The maximum absolute atomic E-state index is 13.2. The monoisotopic (exact) mass is 352 g/mol. The highest BCUT2D eigenvalue weighted by atomic mass is 16.2. The third-order valence-electron chi connectivity index (χ3n) is 7.37. The molecule has 2 amide bonds. The van der Waals surface area contributed by atoms with Gasteiger partial charge in [-0.05, 0) is 93.4 Å². The quantitative estimate of drug-likeness (QED) is 0.889. The van der Waals surface area contributed by atoms with Crippen LogP contribution in [0.2, 0.25) is 0 Å². The second-order valence-corrected chi connectivity index (χ2v) is 9.13. The van der Waals surface area contributed by atoms with Gasteiger partial charge in [0, 0.05) is 24.3 Å². The molecule has 1 N–H and O–H groups in total. The lowest BCUT2D eigenvalue weighted by Gasteiger charge is -2.55. The molecule has 0 spiro atoms. The van der Waals surface area contributed by atoms with E-state index in [2.05, 4.69) is 11.4 Å². The summed E-state index contributed by atoms with van der Waals surface area (Å²) in [5.74, 6) is 2.78. The van der Waals surface area contributed by atoms with Crippen molar-refractivity contribution in [3.05, 3.63) is 23.8 Å². The Labute approximate surface area is 155 Å². The summed E-state index contributed by atoms with van der Waals surface area (Å²) in [6, 6.07) is 6.06. The number of amides is 2. The van der Waals surface area contributed by atoms with E-state index in [1.165, 1.54) is 24.8 Å². The highest BCUT2D eigenvalue weighted by Gasteiger charge is 2.54. The van der Waals surface area contributed by atoms with Gasteiger partial charge in [-0.25, -0.2) is 0 Å². The van der Waals surface area contributed by atoms with Crippen LogP contribution in [0.1, 0.15) is 57.4 Å². The minimum atomic E-state index is -0.115. The Balaban J connectivity index is 1.37. The Hall–Kier alpha value is -1.84. The van der Waals surface area contributed by atoms with Crippen molar-refractivity contribution in [2.24, 2.45) is 23.2 Å². The third kappa shape index (κ3) is 2.49. The molecule has 0 saturated heterocycles. The molecule has 5 aliphatic rings. The van der Waals surface area contributed by atoms with Gasteiger partial charge in [0.1, 0.15) is 0 Å². The van der Waals surface area contributed by atoms with Crippen molar-refractivity contribution in [3.63, 3.8) is 0 Å². The predicted octanol–water partition coefficient (Wildman–Crippen LogP) is 4.14. The molecule has 26 heavy (non-hydrogen) atoms. The summed E-state index contributed by atoms with van der Waals surface area (Å²) < 4.78 is 0. The van der Waals surface area contributed by atoms with Gasteiger partial charge in [-0.3, -0.25) is 9.59 Å². The van der Waals surface area contributed by atoms with Gasteiger partial charge >= 0.3 is 0 Å². The number of hydrogen-bond donors (Lipinski definition) is 1. The SMILES string of the molecule is CCN1C(=O)CCc2cc(NC(=O)C34CC5CC(CC(C5)C3)C4)ccc21. The van der Waals surface area contributed by atoms with Crippen LogP contribution >= 0.6 is 0 Å². The van der Waals surface area contributed by atoms with Gasteiger partial charge in [0.05, 0.1) is 5.41 Å². The molecule has 4 nitrogen and oxygen atoms in total. The molecule has 1 aromatic carbocycles. The molecule has 1 aromatic rings. The average Bonchev–Trinajstić information content (AvgIpc) is 2.60. The maximum Gasteiger partial charge on any atom is 0.230 e. The second-order valence-electron chi connectivity index (χ2n) is 9.13. The topological polar surface area (TPSA) is 49.4 Å². The Bertz CT molecular complexity index is 734. The summed E-state index contributed by atoms with van der Waals surface area (Å²) in [4.78, 5) is 27.1. The summed E-state index contributed by atoms with van der Waals surface area (Å²) in [5.41, 5.74) is 2.97. The van der Waals surface area contributed by atoms with Crippen LogP contribution in [0.4, 0.5) is 11.4 Å². The summed E-state index contributed by atoms with van der Waals surface area (Å²) in [5, 5.41) is 3.25. The zero-order valence-electron chi connectivity index (χ0n) is 15.6. The summed E-state index contributed by atoms with van der Waals surface area (Å²) in [7, 11) is 0. The number of aryl methyl sites for hydroxylation is 1. The molecule has 0 atom stereocenters. The highest BCUT2D eigenvalue weighted by molar-refractivity contribution is 5.98. The molecule has 4 aliphatic carbocycles. The minimum absolute atomic E-state index is 0.115. The zero-order valence-corrected chi connectivity index (χ0v) is 15.6. The number of carbonyl (C=O) groups excluding carboxylic acids is 2. The fourth-order valence-electron chi connectivity index (χ4n) is 6.64. The van der Waals surface area contributed by atoms with Gasteiger partial charge in [-0.15, -0.1) is 0 Å². The Morgan fingerprint density at radius 2 is 1.77 bits per heavy atom. The number of carbonyl (C=O) groups is 2. The third-order valence-corrected chi connectivity index (χ3v) is 7.37. The maximum atomic E-state index is 13.2. The van der Waals surface area contributed by atoms with Crippen LogP contribution in [0.3, 0.4) is 0 Å². The first kappa shape index (κ1) is 16.3. The van der Waals surface area contributed by atoms with E-state index in [1.807, 2.05) is 24.0 Å². The molecule has 4 fully saturated rings. The van der Waals surface area contributed by atoms with Crippen molar-refractivity contribution in [2.45, 2.75) is 58.3 Å². The largest absolute Gasteiger partial charge is 0.326 e. The van der Waals surface area contributed by atoms with Crippen LogP contribution in [0, 0.1) is 23.2 Å². The number of hydrogen-bond acceptors (Lipinski definition) is 2. The van der Waals surface area contributed by atoms with Crippen LogP contribution in [-0.2, 0) is 16.0 Å². The van der Waals surface area contributed by atoms with Crippen LogP contribution in [0.25, 0.3) is 0 Å². The molecule has 6 rings (SSSR count). The van der Waals surface area contributed by atoms with E-state index in [0.29, 0.717) is 13.0 Å². The first-order valence-corrected chi connectivity index (χ1v) is 10.3. The molecule has 0 unspecified atom stereocenters. The van der Waals surface area contributed by atoms with Crippen molar-refractivity contribution >= 4 is 23.2 Å². The number of fused-ring (bicyclic) bond motifs is 1. The predicted molar refractivity (Wildman–Crippen MR) is 102 cm³/mol. The van der Waals surface area contributed by atoms with E-state index in [4.69, 9.17) is 0 Å². The van der Waals surface area contributed by atoms with Crippen LogP contribution < -0.4 is 10.2 Å². The van der Waals surface area contributed by atoms with Gasteiger partial charge in [0.25, 0.3) is 0 Å². The number of rotatable bonds is 3. The Morgan fingerprint density at radius 1 is 1.12 bits per heavy atom. The molecule has 4 heteroatoms. The fraction of sp³-hybridized carbons (Fsp3) is 0.636. The Morgan fingerprint density at radius 3 is 2.38 bits per heavy atom. The van der Waals surface area contributed by atoms with E-state index < -0.39 is 0 Å². The van der Waals surface area contributed by atoms with Gasteiger partial charge < -0.3 is 10.2 Å². The van der Waals surface area contributed by atoms with Gasteiger partial charge in [-0.1, -0.05) is 0 Å². The number of benzene rings is 1.